The fraction of sp³-hybridized carbons (Fsp3) is 0.593. The topological polar surface area (TPSA) is 98.3 Å². The fourth-order valence-corrected chi connectivity index (χ4v) is 5.68. The van der Waals surface area contributed by atoms with E-state index in [1.165, 1.54) is 25.6 Å². The molecular weight excluding hydrogens is 531 g/mol. The normalized spacial score (nSPS) is 22.1. The first-order valence-corrected chi connectivity index (χ1v) is 13.4. The number of amides is 1. The van der Waals surface area contributed by atoms with E-state index < -0.39 is 6.36 Å². The van der Waals surface area contributed by atoms with E-state index in [2.05, 4.69) is 20.0 Å². The second kappa shape index (κ2) is 12.1. The van der Waals surface area contributed by atoms with E-state index in [0.717, 1.165) is 24.8 Å². The van der Waals surface area contributed by atoms with Crippen LogP contribution in [0.5, 0.6) is 11.5 Å². The first kappa shape index (κ1) is 28.4. The highest BCUT2D eigenvalue weighted by molar-refractivity contribution is 5.96. The molecule has 4 heterocycles. The average molecular weight is 566 g/mol. The molecule has 0 aliphatic carbocycles. The van der Waals surface area contributed by atoms with Gasteiger partial charge in [0.05, 0.1) is 19.8 Å². The number of ether oxygens (including phenoxy) is 4. The quantitative estimate of drug-likeness (QED) is 0.544. The Labute approximate surface area is 230 Å². The summed E-state index contributed by atoms with van der Waals surface area (Å²) in [6.45, 7) is 3.26. The lowest BCUT2D eigenvalue weighted by atomic mass is 9.99. The van der Waals surface area contributed by atoms with Gasteiger partial charge in [0.1, 0.15) is 12.1 Å². The van der Waals surface area contributed by atoms with E-state index in [-0.39, 0.29) is 47.8 Å². The van der Waals surface area contributed by atoms with Crippen LogP contribution in [0.15, 0.2) is 24.5 Å². The molecule has 3 aliphatic heterocycles. The maximum Gasteiger partial charge on any atom is 0.573 e. The highest BCUT2D eigenvalue weighted by Gasteiger charge is 2.34. The number of nitrogens with one attached hydrogen (secondary N) is 1. The van der Waals surface area contributed by atoms with Gasteiger partial charge in [0.15, 0.2) is 17.3 Å². The van der Waals surface area contributed by atoms with Crippen LogP contribution in [0.25, 0.3) is 0 Å². The molecule has 1 aromatic heterocycles. The van der Waals surface area contributed by atoms with Crippen LogP contribution in [0.4, 0.5) is 19.0 Å². The minimum Gasteiger partial charge on any atom is -0.491 e. The number of methoxy groups -OCH3 is 2. The number of piperidine rings is 1. The van der Waals surface area contributed by atoms with Crippen LogP contribution >= 0.6 is 0 Å². The Bertz CT molecular complexity index is 1190. The molecule has 1 N–H and O–H groups in total. The maximum absolute atomic E-state index is 13.5. The molecule has 2 atom stereocenters. The van der Waals surface area contributed by atoms with Crippen molar-refractivity contribution in [2.75, 3.05) is 52.0 Å². The third kappa shape index (κ3) is 6.42. The number of aromatic nitrogens is 2. The Morgan fingerprint density at radius 2 is 1.90 bits per heavy atom. The number of benzene rings is 1. The third-order valence-electron chi connectivity index (χ3n) is 7.75. The van der Waals surface area contributed by atoms with Gasteiger partial charge in [0, 0.05) is 52.0 Å². The molecule has 0 spiro atoms. The maximum atomic E-state index is 13.5. The molecule has 1 aromatic carbocycles. The molecule has 3 aliphatic rings. The van der Waals surface area contributed by atoms with Crippen molar-refractivity contribution >= 4 is 11.7 Å². The number of carbonyl (C=O) groups excluding carboxylic acids is 1. The molecule has 10 nitrogen and oxygen atoms in total. The molecule has 0 saturated carbocycles. The van der Waals surface area contributed by atoms with Gasteiger partial charge in [-0.15, -0.1) is 13.2 Å². The zero-order valence-electron chi connectivity index (χ0n) is 22.6. The summed E-state index contributed by atoms with van der Waals surface area (Å²) < 4.78 is 59.0. The van der Waals surface area contributed by atoms with Crippen LogP contribution in [0.1, 0.15) is 40.9 Å². The number of fused-ring (bicyclic) bond motifs is 1. The number of likely N-dealkylation sites (tertiary alicyclic amines) is 1. The van der Waals surface area contributed by atoms with Crippen LogP contribution in [-0.4, -0.2) is 92.4 Å². The fourth-order valence-electron chi connectivity index (χ4n) is 5.68. The van der Waals surface area contributed by atoms with Gasteiger partial charge in [-0.3, -0.25) is 4.79 Å². The van der Waals surface area contributed by atoms with Crippen molar-refractivity contribution in [2.24, 2.45) is 0 Å². The molecule has 1 amide bonds. The number of rotatable bonds is 7. The molecule has 40 heavy (non-hydrogen) atoms. The molecule has 13 heteroatoms. The van der Waals surface area contributed by atoms with Gasteiger partial charge in [-0.1, -0.05) is 6.07 Å². The second-order valence-corrected chi connectivity index (χ2v) is 10.2. The van der Waals surface area contributed by atoms with Crippen molar-refractivity contribution in [2.45, 2.75) is 56.8 Å². The first-order chi connectivity index (χ1) is 19.3. The first-order valence-electron chi connectivity index (χ1n) is 13.4. The molecule has 2 saturated heterocycles. The number of hydrogen-bond acceptors (Lipinski definition) is 9. The number of nitrogens with zero attached hydrogens (tertiary/aromatic N) is 4. The highest BCUT2D eigenvalue weighted by Crippen LogP contribution is 2.34. The van der Waals surface area contributed by atoms with E-state index in [1.54, 1.807) is 18.1 Å². The summed E-state index contributed by atoms with van der Waals surface area (Å²) in [7, 11) is 3.16. The molecule has 2 fully saturated rings. The summed E-state index contributed by atoms with van der Waals surface area (Å²) >= 11 is 0. The van der Waals surface area contributed by atoms with Crippen LogP contribution in [0.3, 0.4) is 0 Å². The number of alkyl halides is 3. The Balaban J connectivity index is 1.26. The van der Waals surface area contributed by atoms with Crippen molar-refractivity contribution in [3.8, 4) is 11.5 Å². The predicted octanol–water partition coefficient (Wildman–Crippen LogP) is 2.94. The van der Waals surface area contributed by atoms with Gasteiger partial charge < -0.3 is 34.1 Å². The molecule has 0 unspecified atom stereocenters. The molecule has 2 aromatic rings. The molecular formula is C27H34F3N5O5. The number of halogens is 3. The smallest absolute Gasteiger partial charge is 0.491 e. The van der Waals surface area contributed by atoms with Crippen molar-refractivity contribution in [1.82, 2.24) is 20.2 Å². The average Bonchev–Trinajstić information content (AvgIpc) is 2.96. The lowest BCUT2D eigenvalue weighted by molar-refractivity contribution is -0.274. The van der Waals surface area contributed by atoms with Gasteiger partial charge in [0.2, 0.25) is 0 Å². The minimum absolute atomic E-state index is 0.0163. The van der Waals surface area contributed by atoms with Crippen LogP contribution < -0.4 is 19.7 Å². The van der Waals surface area contributed by atoms with Crippen LogP contribution in [0.2, 0.25) is 0 Å². The van der Waals surface area contributed by atoms with Crippen molar-refractivity contribution in [3.63, 3.8) is 0 Å². The zero-order valence-corrected chi connectivity index (χ0v) is 22.6. The Morgan fingerprint density at radius 3 is 2.62 bits per heavy atom. The summed E-state index contributed by atoms with van der Waals surface area (Å²) in [6, 6.07) is 4.86. The second-order valence-electron chi connectivity index (χ2n) is 10.2. The summed E-state index contributed by atoms with van der Waals surface area (Å²) in [5.41, 5.74) is 1.79. The van der Waals surface area contributed by atoms with Crippen LogP contribution in [-0.2, 0) is 22.4 Å². The molecule has 5 rings (SSSR count). The number of carbonyl (C=O) groups is 1. The third-order valence-corrected chi connectivity index (χ3v) is 7.75. The zero-order chi connectivity index (χ0) is 28.3. The van der Waals surface area contributed by atoms with Crippen molar-refractivity contribution in [3.05, 3.63) is 41.3 Å². The van der Waals surface area contributed by atoms with Gasteiger partial charge in [-0.25, -0.2) is 9.97 Å². The van der Waals surface area contributed by atoms with Crippen molar-refractivity contribution in [1.29, 1.82) is 0 Å². The SMILES string of the molecule is COc1c(C(=O)N2CCC(N[C@H]3CCOC[C@H]3OC)CC2)ncnc1N1CCc2ccc(OC(F)(F)F)cc2C1. The Morgan fingerprint density at radius 1 is 1.10 bits per heavy atom. The summed E-state index contributed by atoms with van der Waals surface area (Å²) in [5.74, 6) is 0.170. The van der Waals surface area contributed by atoms with E-state index in [9.17, 15) is 18.0 Å². The summed E-state index contributed by atoms with van der Waals surface area (Å²) in [6.07, 6.45) is -0.353. The predicted molar refractivity (Wildman–Crippen MR) is 139 cm³/mol. The standard InChI is InChI=1S/C27H34F3N5O5/c1-37-22-15-39-12-8-21(22)33-19-6-10-34(11-7-19)26(36)23-24(38-2)25(32-16-31-23)35-9-5-17-3-4-20(13-18(17)14-35)40-27(28,29)30/h3-4,13,16,19,21-22,33H,5-12,14-15H2,1-2H3/t21-,22+/m0/s1. The minimum atomic E-state index is -4.77. The van der Waals surface area contributed by atoms with E-state index in [1.807, 2.05) is 4.90 Å². The monoisotopic (exact) mass is 565 g/mol. The van der Waals surface area contributed by atoms with E-state index in [4.69, 9.17) is 14.2 Å². The van der Waals surface area contributed by atoms with Crippen molar-refractivity contribution < 1.29 is 36.9 Å². The number of hydrogen-bond donors (Lipinski definition) is 1. The lowest BCUT2D eigenvalue weighted by Crippen LogP contribution is -2.54. The lowest BCUT2D eigenvalue weighted by Gasteiger charge is -2.38. The molecule has 218 valence electrons. The Kier molecular flexibility index (Phi) is 8.62. The van der Waals surface area contributed by atoms with E-state index in [0.29, 0.717) is 50.7 Å². The largest absolute Gasteiger partial charge is 0.573 e. The number of anilines is 1. The van der Waals surface area contributed by atoms with Gasteiger partial charge in [-0.2, -0.15) is 0 Å². The van der Waals surface area contributed by atoms with Crippen LogP contribution in [0, 0.1) is 0 Å². The van der Waals surface area contributed by atoms with Gasteiger partial charge in [0.25, 0.3) is 5.91 Å². The molecule has 0 bridgehead atoms. The molecule has 0 radical (unpaired) electrons. The Hall–Kier alpha value is -3.16. The highest BCUT2D eigenvalue weighted by atomic mass is 19.4. The summed E-state index contributed by atoms with van der Waals surface area (Å²) in [5, 5.41) is 3.69. The van der Waals surface area contributed by atoms with Gasteiger partial charge in [-0.05, 0) is 48.9 Å². The van der Waals surface area contributed by atoms with E-state index >= 15 is 0 Å². The summed E-state index contributed by atoms with van der Waals surface area (Å²) in [4.78, 5) is 25.9. The van der Waals surface area contributed by atoms with Gasteiger partial charge >= 0.3 is 6.36 Å².